The number of benzene rings is 2. The lowest BCUT2D eigenvalue weighted by Crippen LogP contribution is -2.28. The number of rotatable bonds is 7. The molecule has 0 bridgehead atoms. The number of hydrogen-bond donors (Lipinski definition) is 2. The summed E-state index contributed by atoms with van der Waals surface area (Å²) in [6.45, 7) is 4.79. The van der Waals surface area contributed by atoms with E-state index in [1.807, 2.05) is 50.2 Å². The Hall–Kier alpha value is -2.53. The summed E-state index contributed by atoms with van der Waals surface area (Å²) in [4.78, 5) is 12.1. The van der Waals surface area contributed by atoms with Crippen molar-refractivity contribution in [2.45, 2.75) is 20.4 Å². The van der Waals surface area contributed by atoms with Crippen LogP contribution in [0.5, 0.6) is 11.5 Å². The molecule has 0 fully saturated rings. The molecule has 5 nitrogen and oxygen atoms in total. The van der Waals surface area contributed by atoms with Gasteiger partial charge in [0.2, 0.25) is 5.91 Å². The summed E-state index contributed by atoms with van der Waals surface area (Å²) in [6.07, 6.45) is 0. The summed E-state index contributed by atoms with van der Waals surface area (Å²) in [5.74, 6) is 1.40. The highest BCUT2D eigenvalue weighted by molar-refractivity contribution is 5.93. The van der Waals surface area contributed by atoms with Crippen LogP contribution >= 0.6 is 0 Å². The maximum atomic E-state index is 12.1. The molecule has 24 heavy (non-hydrogen) atoms. The van der Waals surface area contributed by atoms with Crippen molar-refractivity contribution < 1.29 is 14.3 Å². The molecule has 2 N–H and O–H groups in total. The third-order valence-corrected chi connectivity index (χ3v) is 3.97. The van der Waals surface area contributed by atoms with Crippen molar-refractivity contribution in [1.82, 2.24) is 5.32 Å². The fraction of sp³-hybridized carbons (Fsp3) is 0.316. The van der Waals surface area contributed by atoms with Crippen molar-refractivity contribution in [2.75, 3.05) is 26.1 Å². The molecule has 5 heteroatoms. The van der Waals surface area contributed by atoms with Gasteiger partial charge in [0.05, 0.1) is 20.8 Å². The van der Waals surface area contributed by atoms with Crippen molar-refractivity contribution in [2.24, 2.45) is 0 Å². The van der Waals surface area contributed by atoms with Gasteiger partial charge in [-0.1, -0.05) is 18.2 Å². The maximum absolute atomic E-state index is 12.1. The Kier molecular flexibility index (Phi) is 6.21. The number of carbonyl (C=O) groups excluding carboxylic acids is 1. The van der Waals surface area contributed by atoms with E-state index in [2.05, 4.69) is 10.6 Å². The molecule has 0 aromatic heterocycles. The summed E-state index contributed by atoms with van der Waals surface area (Å²) < 4.78 is 10.5. The van der Waals surface area contributed by atoms with E-state index < -0.39 is 0 Å². The fourth-order valence-electron chi connectivity index (χ4n) is 2.39. The smallest absolute Gasteiger partial charge is 0.238 e. The second-order valence-corrected chi connectivity index (χ2v) is 5.58. The molecule has 0 aliphatic heterocycles. The van der Waals surface area contributed by atoms with Crippen LogP contribution in [0.15, 0.2) is 36.4 Å². The third-order valence-electron chi connectivity index (χ3n) is 3.97. The molecule has 0 aliphatic carbocycles. The van der Waals surface area contributed by atoms with E-state index in [-0.39, 0.29) is 12.5 Å². The van der Waals surface area contributed by atoms with E-state index in [9.17, 15) is 4.79 Å². The number of methoxy groups -OCH3 is 2. The number of anilines is 1. The zero-order chi connectivity index (χ0) is 17.5. The molecule has 0 radical (unpaired) electrons. The molecule has 0 heterocycles. The maximum Gasteiger partial charge on any atom is 0.238 e. The molecular formula is C19H24N2O3. The van der Waals surface area contributed by atoms with Gasteiger partial charge in [0.15, 0.2) is 0 Å². The lowest BCUT2D eigenvalue weighted by Gasteiger charge is -2.12. The third kappa shape index (κ3) is 4.49. The minimum Gasteiger partial charge on any atom is -0.497 e. The first kappa shape index (κ1) is 17.8. The minimum absolute atomic E-state index is 0.0730. The van der Waals surface area contributed by atoms with Gasteiger partial charge in [-0.3, -0.25) is 4.79 Å². The van der Waals surface area contributed by atoms with E-state index in [0.717, 1.165) is 33.9 Å². The monoisotopic (exact) mass is 328 g/mol. The van der Waals surface area contributed by atoms with Gasteiger partial charge < -0.3 is 20.1 Å². The van der Waals surface area contributed by atoms with Gasteiger partial charge in [0, 0.05) is 23.9 Å². The van der Waals surface area contributed by atoms with Gasteiger partial charge in [0.25, 0.3) is 0 Å². The summed E-state index contributed by atoms with van der Waals surface area (Å²) in [5.41, 5.74) is 4.06. The molecule has 0 unspecified atom stereocenters. The summed E-state index contributed by atoms with van der Waals surface area (Å²) in [7, 11) is 3.23. The number of ether oxygens (including phenoxy) is 2. The number of aryl methyl sites for hydroxylation is 1. The normalized spacial score (nSPS) is 10.3. The summed E-state index contributed by atoms with van der Waals surface area (Å²) >= 11 is 0. The number of hydrogen-bond acceptors (Lipinski definition) is 4. The van der Waals surface area contributed by atoms with Gasteiger partial charge in [-0.2, -0.15) is 0 Å². The van der Waals surface area contributed by atoms with Crippen LogP contribution in [0.4, 0.5) is 5.69 Å². The zero-order valence-electron chi connectivity index (χ0n) is 14.6. The quantitative estimate of drug-likeness (QED) is 0.820. The van der Waals surface area contributed by atoms with Gasteiger partial charge >= 0.3 is 0 Å². The Labute approximate surface area is 143 Å². The Morgan fingerprint density at radius 3 is 2.58 bits per heavy atom. The number of carbonyl (C=O) groups is 1. The molecule has 0 spiro atoms. The minimum atomic E-state index is -0.0730. The van der Waals surface area contributed by atoms with Gasteiger partial charge in [-0.05, 0) is 37.1 Å². The second kappa shape index (κ2) is 8.36. The average Bonchev–Trinajstić information content (AvgIpc) is 2.59. The van der Waals surface area contributed by atoms with Crippen LogP contribution in [0.1, 0.15) is 16.7 Å². The topological polar surface area (TPSA) is 59.6 Å². The Morgan fingerprint density at radius 1 is 1.08 bits per heavy atom. The van der Waals surface area contributed by atoms with Crippen LogP contribution in [0.3, 0.4) is 0 Å². The molecular weight excluding hydrogens is 304 g/mol. The average molecular weight is 328 g/mol. The highest BCUT2D eigenvalue weighted by atomic mass is 16.5. The molecule has 2 rings (SSSR count). The standard InChI is InChI=1S/C19H24N2O3/c1-13-6-5-7-17(14(13)2)21-19(22)12-20-11-15-8-9-16(23-3)10-18(15)24-4/h5-10,20H,11-12H2,1-4H3,(H,21,22). The molecule has 2 aromatic rings. The second-order valence-electron chi connectivity index (χ2n) is 5.58. The van der Waals surface area contributed by atoms with Gasteiger partial charge in [0.1, 0.15) is 11.5 Å². The first-order valence-electron chi connectivity index (χ1n) is 7.83. The molecule has 0 saturated carbocycles. The highest BCUT2D eigenvalue weighted by Gasteiger charge is 2.08. The summed E-state index contributed by atoms with van der Waals surface area (Å²) in [6, 6.07) is 11.5. The van der Waals surface area contributed by atoms with Gasteiger partial charge in [-0.15, -0.1) is 0 Å². The van der Waals surface area contributed by atoms with Crippen molar-refractivity contribution in [3.05, 3.63) is 53.1 Å². The fourth-order valence-corrected chi connectivity index (χ4v) is 2.39. The predicted octanol–water partition coefficient (Wildman–Crippen LogP) is 3.05. The van der Waals surface area contributed by atoms with Crippen molar-refractivity contribution in [3.63, 3.8) is 0 Å². The zero-order valence-corrected chi connectivity index (χ0v) is 14.6. The number of amides is 1. The highest BCUT2D eigenvalue weighted by Crippen LogP contribution is 2.24. The van der Waals surface area contributed by atoms with Crippen LogP contribution in [0.2, 0.25) is 0 Å². The molecule has 1 amide bonds. The lowest BCUT2D eigenvalue weighted by molar-refractivity contribution is -0.115. The molecule has 0 atom stereocenters. The summed E-state index contributed by atoms with van der Waals surface area (Å²) in [5, 5.41) is 6.07. The van der Waals surface area contributed by atoms with Crippen LogP contribution < -0.4 is 20.1 Å². The molecule has 128 valence electrons. The molecule has 0 aliphatic rings. The van der Waals surface area contributed by atoms with Crippen LogP contribution in [-0.4, -0.2) is 26.7 Å². The van der Waals surface area contributed by atoms with Crippen LogP contribution in [-0.2, 0) is 11.3 Å². The van der Waals surface area contributed by atoms with E-state index in [4.69, 9.17) is 9.47 Å². The van der Waals surface area contributed by atoms with Crippen LogP contribution in [0, 0.1) is 13.8 Å². The molecule has 0 saturated heterocycles. The van der Waals surface area contributed by atoms with Crippen molar-refractivity contribution >= 4 is 11.6 Å². The molecule has 2 aromatic carbocycles. The van der Waals surface area contributed by atoms with Crippen molar-refractivity contribution in [1.29, 1.82) is 0 Å². The Morgan fingerprint density at radius 2 is 1.88 bits per heavy atom. The Bertz CT molecular complexity index is 714. The van der Waals surface area contributed by atoms with E-state index in [0.29, 0.717) is 6.54 Å². The first-order chi connectivity index (χ1) is 11.5. The number of nitrogens with one attached hydrogen (secondary N) is 2. The van der Waals surface area contributed by atoms with Crippen molar-refractivity contribution in [3.8, 4) is 11.5 Å². The lowest BCUT2D eigenvalue weighted by atomic mass is 10.1. The van der Waals surface area contributed by atoms with E-state index >= 15 is 0 Å². The predicted molar refractivity (Wildman–Crippen MR) is 95.8 cm³/mol. The van der Waals surface area contributed by atoms with Crippen LogP contribution in [0.25, 0.3) is 0 Å². The first-order valence-corrected chi connectivity index (χ1v) is 7.83. The van der Waals surface area contributed by atoms with Gasteiger partial charge in [-0.25, -0.2) is 0 Å². The largest absolute Gasteiger partial charge is 0.497 e. The van der Waals surface area contributed by atoms with E-state index in [1.54, 1.807) is 14.2 Å². The Balaban J connectivity index is 1.90. The SMILES string of the molecule is COc1ccc(CNCC(=O)Nc2cccc(C)c2C)c(OC)c1. The van der Waals surface area contributed by atoms with E-state index in [1.165, 1.54) is 0 Å².